The molecule has 1 aromatic rings. The van der Waals surface area contributed by atoms with Gasteiger partial charge in [-0.25, -0.2) is 0 Å². The summed E-state index contributed by atoms with van der Waals surface area (Å²) in [5, 5.41) is 10.8. The van der Waals surface area contributed by atoms with Crippen LogP contribution in [0.25, 0.3) is 5.57 Å². The monoisotopic (exact) mass is 464 g/mol. The summed E-state index contributed by atoms with van der Waals surface area (Å²) < 4.78 is 5.65. The summed E-state index contributed by atoms with van der Waals surface area (Å²) in [6, 6.07) is 0.193. The van der Waals surface area contributed by atoms with Crippen LogP contribution in [0.2, 0.25) is 0 Å². The summed E-state index contributed by atoms with van der Waals surface area (Å²) in [6.07, 6.45) is 10.8. The molecule has 2 aliphatic carbocycles. The lowest BCUT2D eigenvalue weighted by molar-refractivity contribution is -0.136. The van der Waals surface area contributed by atoms with Crippen LogP contribution >= 0.6 is 0 Å². The topological polar surface area (TPSA) is 95.1 Å². The summed E-state index contributed by atoms with van der Waals surface area (Å²) in [4.78, 5) is 33.9. The largest absolute Gasteiger partial charge is 0.342 e. The van der Waals surface area contributed by atoms with E-state index in [9.17, 15) is 9.59 Å². The van der Waals surface area contributed by atoms with Crippen molar-refractivity contribution in [1.29, 1.82) is 0 Å². The first-order valence-electron chi connectivity index (χ1n) is 12.5. The highest BCUT2D eigenvalue weighted by molar-refractivity contribution is 5.91. The lowest BCUT2D eigenvalue weighted by Crippen LogP contribution is -2.42. The number of piperidine rings is 1. The predicted molar refractivity (Wildman–Crippen MR) is 126 cm³/mol. The Morgan fingerprint density at radius 1 is 1.21 bits per heavy atom. The van der Waals surface area contributed by atoms with E-state index in [1.54, 1.807) is 0 Å². The highest BCUT2D eigenvalue weighted by atomic mass is 16.5. The van der Waals surface area contributed by atoms with E-state index in [0.29, 0.717) is 49.6 Å². The van der Waals surface area contributed by atoms with Crippen molar-refractivity contribution in [3.8, 4) is 0 Å². The Labute approximate surface area is 199 Å². The highest BCUT2D eigenvalue weighted by Gasteiger charge is 2.40. The number of hydrogen-bond donors (Lipinski definition) is 0. The third-order valence-corrected chi connectivity index (χ3v) is 8.03. The van der Waals surface area contributed by atoms with Crippen molar-refractivity contribution in [3.05, 3.63) is 29.9 Å². The second-order valence-corrected chi connectivity index (χ2v) is 10.5. The van der Waals surface area contributed by atoms with Crippen LogP contribution in [-0.2, 0) is 9.59 Å². The van der Waals surface area contributed by atoms with Crippen molar-refractivity contribution >= 4 is 23.1 Å². The minimum Gasteiger partial charge on any atom is -0.342 e. The third kappa shape index (κ3) is 3.95. The van der Waals surface area contributed by atoms with Gasteiger partial charge in [-0.1, -0.05) is 17.3 Å². The summed E-state index contributed by atoms with van der Waals surface area (Å²) in [5.74, 6) is 2.46. The van der Waals surface area contributed by atoms with Crippen LogP contribution in [0.4, 0.5) is 0 Å². The van der Waals surface area contributed by atoms with Gasteiger partial charge in [-0.15, -0.1) is 0 Å². The molecule has 9 heteroatoms. The van der Waals surface area contributed by atoms with E-state index in [1.165, 1.54) is 12.8 Å². The third-order valence-electron chi connectivity index (χ3n) is 8.03. The van der Waals surface area contributed by atoms with Crippen LogP contribution in [0.5, 0.6) is 0 Å². The zero-order valence-corrected chi connectivity index (χ0v) is 19.9. The molecule has 5 aliphatic rings. The second-order valence-electron chi connectivity index (χ2n) is 10.5. The van der Waals surface area contributed by atoms with Crippen LogP contribution in [0.15, 0.2) is 27.9 Å². The number of aromatic nitrogens is 2. The molecule has 1 saturated carbocycles. The molecule has 4 heterocycles. The molecule has 3 aliphatic heterocycles. The van der Waals surface area contributed by atoms with Crippen LogP contribution in [0, 0.1) is 17.8 Å². The van der Waals surface area contributed by atoms with E-state index in [0.717, 1.165) is 30.7 Å². The van der Waals surface area contributed by atoms with E-state index in [1.807, 2.05) is 21.9 Å². The normalized spacial score (nSPS) is 29.5. The number of rotatable bonds is 5. The van der Waals surface area contributed by atoms with E-state index < -0.39 is 0 Å². The van der Waals surface area contributed by atoms with Crippen LogP contribution < -0.4 is 0 Å². The minimum atomic E-state index is -0.187. The molecular formula is C25H32N6O3. The zero-order chi connectivity index (χ0) is 23.4. The Bertz CT molecular complexity index is 1080. The molecule has 6 rings (SSSR count). The fourth-order valence-corrected chi connectivity index (χ4v) is 5.77. The minimum absolute atomic E-state index is 0.126. The number of fused-ring (bicyclic) bond motifs is 1. The number of amides is 2. The Morgan fingerprint density at radius 3 is 2.76 bits per heavy atom. The summed E-state index contributed by atoms with van der Waals surface area (Å²) in [6.45, 7) is 4.82. The molecular weight excluding hydrogens is 432 g/mol. The first kappa shape index (κ1) is 21.6. The molecule has 2 saturated heterocycles. The number of carbonyl (C=O) groups is 2. The summed E-state index contributed by atoms with van der Waals surface area (Å²) in [5.41, 5.74) is 2.08. The lowest BCUT2D eigenvalue weighted by Gasteiger charge is -2.32. The maximum Gasteiger partial charge on any atom is 0.230 e. The van der Waals surface area contributed by atoms with Gasteiger partial charge >= 0.3 is 0 Å². The van der Waals surface area contributed by atoms with Gasteiger partial charge in [-0.05, 0) is 44.6 Å². The van der Waals surface area contributed by atoms with E-state index >= 15 is 0 Å². The quantitative estimate of drug-likeness (QED) is 0.664. The maximum absolute atomic E-state index is 13.1. The molecule has 180 valence electrons. The molecule has 0 bridgehead atoms. The van der Waals surface area contributed by atoms with Crippen LogP contribution in [0.3, 0.4) is 0 Å². The molecule has 3 atom stereocenters. The van der Waals surface area contributed by atoms with Gasteiger partial charge in [0.15, 0.2) is 0 Å². The average molecular weight is 465 g/mol. The SMILES string of the molecule is CC1=NN(C)C2C=C(c3noc(C4CCN(C(=O)C5CC(=O)N(CC6CC6)C5)CC4)n3)C=CC12. The van der Waals surface area contributed by atoms with Gasteiger partial charge in [-0.3, -0.25) is 14.6 Å². The highest BCUT2D eigenvalue weighted by Crippen LogP contribution is 2.34. The Balaban J connectivity index is 1.05. The van der Waals surface area contributed by atoms with Crippen LogP contribution in [0.1, 0.15) is 56.7 Å². The van der Waals surface area contributed by atoms with E-state index in [-0.39, 0.29) is 29.7 Å². The summed E-state index contributed by atoms with van der Waals surface area (Å²) >= 11 is 0. The fourth-order valence-electron chi connectivity index (χ4n) is 5.77. The zero-order valence-electron chi connectivity index (χ0n) is 19.9. The van der Waals surface area contributed by atoms with Gasteiger partial charge in [0, 0.05) is 62.8 Å². The van der Waals surface area contributed by atoms with Crippen molar-refractivity contribution in [1.82, 2.24) is 24.9 Å². The Hall–Kier alpha value is -2.97. The van der Waals surface area contributed by atoms with E-state index in [4.69, 9.17) is 9.51 Å². The molecule has 0 aromatic carbocycles. The van der Waals surface area contributed by atoms with Gasteiger partial charge in [0.2, 0.25) is 23.5 Å². The van der Waals surface area contributed by atoms with Gasteiger partial charge in [-0.2, -0.15) is 10.1 Å². The molecule has 0 spiro atoms. The maximum atomic E-state index is 13.1. The number of hydrogen-bond acceptors (Lipinski definition) is 7. The van der Waals surface area contributed by atoms with Crippen molar-refractivity contribution in [2.45, 2.75) is 51.0 Å². The number of nitrogens with zero attached hydrogens (tertiary/aromatic N) is 6. The Kier molecular flexibility index (Phi) is 5.30. The van der Waals surface area contributed by atoms with Gasteiger partial charge in [0.1, 0.15) is 0 Å². The average Bonchev–Trinajstić information content (AvgIpc) is 3.26. The summed E-state index contributed by atoms with van der Waals surface area (Å²) in [7, 11) is 1.99. The van der Waals surface area contributed by atoms with Gasteiger partial charge in [0.25, 0.3) is 0 Å². The molecule has 34 heavy (non-hydrogen) atoms. The molecule has 9 nitrogen and oxygen atoms in total. The Morgan fingerprint density at radius 2 is 2.00 bits per heavy atom. The smallest absolute Gasteiger partial charge is 0.230 e. The fraction of sp³-hybridized carbons (Fsp3) is 0.640. The second kappa shape index (κ2) is 8.36. The predicted octanol–water partition coefficient (Wildman–Crippen LogP) is 2.29. The number of likely N-dealkylation sites (tertiary alicyclic amines) is 2. The molecule has 0 N–H and O–H groups in total. The van der Waals surface area contributed by atoms with Gasteiger partial charge < -0.3 is 14.3 Å². The van der Waals surface area contributed by atoms with E-state index in [2.05, 4.69) is 35.4 Å². The lowest BCUT2D eigenvalue weighted by atomic mass is 9.89. The molecule has 3 unspecified atom stereocenters. The van der Waals surface area contributed by atoms with Gasteiger partial charge in [0.05, 0.1) is 12.0 Å². The first-order valence-corrected chi connectivity index (χ1v) is 12.5. The number of likely N-dealkylation sites (N-methyl/N-ethyl adjacent to an activating group) is 1. The van der Waals surface area contributed by atoms with Crippen molar-refractivity contribution in [3.63, 3.8) is 0 Å². The molecule has 2 amide bonds. The molecule has 3 fully saturated rings. The molecule has 0 radical (unpaired) electrons. The van der Waals surface area contributed by atoms with Crippen molar-refractivity contribution in [2.24, 2.45) is 22.9 Å². The first-order chi connectivity index (χ1) is 16.5. The molecule has 1 aromatic heterocycles. The van der Waals surface area contributed by atoms with Crippen molar-refractivity contribution < 1.29 is 14.1 Å². The number of hydrazone groups is 1. The van der Waals surface area contributed by atoms with Crippen LogP contribution in [-0.4, -0.2) is 81.7 Å². The standard InChI is InChI=1S/C25H32N6O3/c1-15-20-6-5-18(11-21(20)29(2)27-15)23-26-24(34-28-23)17-7-9-30(10-8-17)25(33)19-12-22(32)31(14-19)13-16-3-4-16/h5-6,11,16-17,19-21H,3-4,7-10,12-14H2,1-2H3. The number of carbonyl (C=O) groups excluding carboxylic acids is 2. The number of allylic oxidation sites excluding steroid dienone is 2. The van der Waals surface area contributed by atoms with Crippen molar-refractivity contribution in [2.75, 3.05) is 33.2 Å².